The number of nitrogens with zero attached hydrogens (tertiary/aromatic N) is 10. The van der Waals surface area contributed by atoms with Crippen molar-refractivity contribution < 1.29 is 72.2 Å². The maximum absolute atomic E-state index is 13.0. The molecule has 0 aliphatic heterocycles. The predicted molar refractivity (Wildman–Crippen MR) is 176 cm³/mol. The fourth-order valence-electron chi connectivity index (χ4n) is 4.24. The Morgan fingerprint density at radius 1 is 0.638 bits per heavy atom. The predicted octanol–water partition coefficient (Wildman–Crippen LogP) is 7.12. The molecule has 58 heavy (non-hydrogen) atoms. The van der Waals surface area contributed by atoms with E-state index in [-0.39, 0.29) is 45.0 Å². The molecule has 0 bridgehead atoms. The Kier molecular flexibility index (Phi) is 13.3. The summed E-state index contributed by atoms with van der Waals surface area (Å²) in [4.78, 5) is 7.47. The number of ether oxygens (including phenoxy) is 2. The van der Waals surface area contributed by atoms with Crippen LogP contribution in [0.25, 0.3) is 33.8 Å². The summed E-state index contributed by atoms with van der Waals surface area (Å²) >= 11 is 6.01. The lowest BCUT2D eigenvalue weighted by Crippen LogP contribution is -2.31. The first-order chi connectivity index (χ1) is 26.7. The van der Waals surface area contributed by atoms with Gasteiger partial charge in [0.15, 0.2) is 23.5 Å². The molecule has 6 heterocycles. The van der Waals surface area contributed by atoms with Gasteiger partial charge in [-0.1, -0.05) is 11.6 Å². The summed E-state index contributed by atoms with van der Waals surface area (Å²) in [7, 11) is -1.17. The van der Waals surface area contributed by atoms with Crippen molar-refractivity contribution in [3.8, 4) is 34.3 Å². The average molecular weight is 863 g/mol. The topological polar surface area (TPSA) is 171 Å². The summed E-state index contributed by atoms with van der Waals surface area (Å²) in [5.74, 6) is -3.23. The molecule has 0 aliphatic carbocycles. The minimum absolute atomic E-state index is 0.0391. The van der Waals surface area contributed by atoms with E-state index in [1.54, 1.807) is 6.92 Å². The molecule has 0 fully saturated rings. The number of hydrogen-bond acceptors (Lipinski definition) is 12. The Balaban J connectivity index is 0.000000235. The molecular weight excluding hydrogens is 839 g/mol. The minimum Gasteiger partial charge on any atom is -0.465 e. The first-order valence-corrected chi connectivity index (χ1v) is 16.1. The van der Waals surface area contributed by atoms with Crippen LogP contribution in [0.1, 0.15) is 31.1 Å². The molecule has 2 N–H and O–H groups in total. The summed E-state index contributed by atoms with van der Waals surface area (Å²) in [6.45, 7) is 4.52. The Bertz CT molecular complexity index is 2160. The van der Waals surface area contributed by atoms with Crippen LogP contribution >= 0.6 is 11.6 Å². The van der Waals surface area contributed by atoms with E-state index >= 15 is 0 Å². The van der Waals surface area contributed by atoms with Gasteiger partial charge in [0.2, 0.25) is 11.8 Å². The first kappa shape index (κ1) is 45.1. The molecule has 312 valence electrons. The van der Waals surface area contributed by atoms with Crippen molar-refractivity contribution in [2.75, 3.05) is 0 Å². The number of alkyl halides is 12. The average Bonchev–Trinajstić information content (AvgIpc) is 3.71. The van der Waals surface area contributed by atoms with Gasteiger partial charge in [-0.05, 0) is 51.4 Å². The largest absolute Gasteiger partial charge is 0.465 e. The van der Waals surface area contributed by atoms with E-state index in [2.05, 4.69) is 45.3 Å². The maximum Gasteiger partial charge on any atom is 0.453 e. The lowest BCUT2D eigenvalue weighted by molar-refractivity contribution is -0.190. The van der Waals surface area contributed by atoms with Crippen LogP contribution in [0, 0.1) is 6.92 Å². The van der Waals surface area contributed by atoms with E-state index in [1.165, 1.54) is 31.1 Å². The van der Waals surface area contributed by atoms with Gasteiger partial charge in [0.25, 0.3) is 11.6 Å². The zero-order valence-corrected chi connectivity index (χ0v) is 30.2. The van der Waals surface area contributed by atoms with Gasteiger partial charge < -0.3 is 19.5 Å². The van der Waals surface area contributed by atoms with E-state index in [0.29, 0.717) is 20.2 Å². The number of aromatic nitrogens is 10. The van der Waals surface area contributed by atoms with E-state index in [4.69, 9.17) is 26.4 Å². The maximum atomic E-state index is 13.0. The quantitative estimate of drug-likeness (QED) is 0.129. The van der Waals surface area contributed by atoms with Gasteiger partial charge in [-0.25, -0.2) is 9.97 Å². The second kappa shape index (κ2) is 17.1. The molecule has 0 saturated carbocycles. The van der Waals surface area contributed by atoms with Crippen LogP contribution in [0.2, 0.25) is 11.8 Å². The molecule has 0 saturated heterocycles. The molecule has 0 unspecified atom stereocenters. The minimum atomic E-state index is -4.79. The highest BCUT2D eigenvalue weighted by molar-refractivity contribution is 6.39. The van der Waals surface area contributed by atoms with Crippen LogP contribution in [-0.2, 0) is 12.4 Å². The third-order valence-corrected chi connectivity index (χ3v) is 7.26. The molecule has 14 nitrogen and oxygen atoms in total. The van der Waals surface area contributed by atoms with Gasteiger partial charge in [-0.15, -0.1) is 20.4 Å². The van der Waals surface area contributed by atoms with Crippen molar-refractivity contribution >= 4 is 30.0 Å². The molecule has 0 radical (unpaired) electrons. The molecule has 6 rings (SSSR count). The van der Waals surface area contributed by atoms with Crippen molar-refractivity contribution in [2.24, 2.45) is 0 Å². The Morgan fingerprint density at radius 3 is 1.38 bits per heavy atom. The Morgan fingerprint density at radius 2 is 1.02 bits per heavy atom. The number of hydrogen-bond donors (Lipinski definition) is 2. The second-order valence-electron chi connectivity index (χ2n) is 11.6. The van der Waals surface area contributed by atoms with Crippen molar-refractivity contribution in [3.63, 3.8) is 0 Å². The monoisotopic (exact) mass is 862 g/mol. The lowest BCUT2D eigenvalue weighted by atomic mass is 9.99. The van der Waals surface area contributed by atoms with Crippen LogP contribution in [0.15, 0.2) is 48.8 Å². The molecule has 6 aromatic rings. The highest BCUT2D eigenvalue weighted by Gasteiger charge is 2.40. The second-order valence-corrected chi connectivity index (χ2v) is 12.0. The Labute approximate surface area is 321 Å². The number of halogens is 13. The highest BCUT2D eigenvalue weighted by atomic mass is 35.5. The molecule has 2 atom stereocenters. The Hall–Kier alpha value is -5.57. The zero-order chi connectivity index (χ0) is 43.5. The normalized spacial score (nSPS) is 13.3. The van der Waals surface area contributed by atoms with Crippen LogP contribution in [0.5, 0.6) is 11.8 Å². The van der Waals surface area contributed by atoms with E-state index in [0.717, 1.165) is 38.4 Å². The summed E-state index contributed by atoms with van der Waals surface area (Å²) in [5, 5.41) is 35.8. The van der Waals surface area contributed by atoms with Crippen molar-refractivity contribution in [1.82, 2.24) is 49.6 Å². The third-order valence-electron chi connectivity index (χ3n) is 6.97. The summed E-state index contributed by atoms with van der Waals surface area (Å²) in [6.07, 6.45) is -20.6. The number of fused-ring (bicyclic) bond motifs is 2. The zero-order valence-electron chi connectivity index (χ0n) is 29.4. The van der Waals surface area contributed by atoms with E-state index in [1.807, 2.05) is 0 Å². The summed E-state index contributed by atoms with van der Waals surface area (Å²) < 4.78 is 163. The van der Waals surface area contributed by atoms with Crippen LogP contribution in [0.3, 0.4) is 0 Å². The molecule has 6 aromatic heterocycles. The fraction of sp³-hybridized carbons (Fsp3) is 0.333. The van der Waals surface area contributed by atoms with Crippen LogP contribution in [-0.4, -0.2) is 91.3 Å². The fourth-order valence-corrected chi connectivity index (χ4v) is 4.49. The molecular formula is C30H24BClF12N10O4. The van der Waals surface area contributed by atoms with Gasteiger partial charge in [0.05, 0.1) is 10.7 Å². The summed E-state index contributed by atoms with van der Waals surface area (Å²) in [6, 6.07) is 7.41. The van der Waals surface area contributed by atoms with Gasteiger partial charge in [-0.2, -0.15) is 71.9 Å². The van der Waals surface area contributed by atoms with Gasteiger partial charge in [0, 0.05) is 41.7 Å². The van der Waals surface area contributed by atoms with Crippen molar-refractivity contribution in [1.29, 1.82) is 0 Å². The van der Waals surface area contributed by atoms with Gasteiger partial charge in [-0.3, -0.25) is 0 Å². The van der Waals surface area contributed by atoms with Gasteiger partial charge >= 0.3 is 31.8 Å². The van der Waals surface area contributed by atoms with Crippen LogP contribution in [0.4, 0.5) is 52.7 Å². The molecule has 0 aromatic carbocycles. The number of pyridine rings is 2. The summed E-state index contributed by atoms with van der Waals surface area (Å²) in [5.41, 5.74) is 0.702. The molecule has 28 heteroatoms. The molecule has 0 spiro atoms. The van der Waals surface area contributed by atoms with E-state index in [9.17, 15) is 52.7 Å². The van der Waals surface area contributed by atoms with Crippen LogP contribution < -0.4 is 9.47 Å². The third kappa shape index (κ3) is 11.3. The highest BCUT2D eigenvalue weighted by Crippen LogP contribution is 2.33. The van der Waals surface area contributed by atoms with Crippen molar-refractivity contribution in [3.05, 3.63) is 71.0 Å². The smallest absolute Gasteiger partial charge is 0.453 e. The van der Waals surface area contributed by atoms with Crippen molar-refractivity contribution in [2.45, 2.75) is 64.5 Å². The standard InChI is InChI=1S/C15H11F6N5O.C14H8ClF6N5O.CH5BO2/c1-7-5-10-23-24-13(15(19,20)21)26(10)25-12(7)9-3-4-11(22-6-9)27-8(2)14(16,17)18;1-6(13(16,17)18)27-10-3-2-7(5-22-10)11-8(15)4-9-23-24-12(14(19,20)21)26(9)25-11;1-2(3)4/h3-6,8H,1-2H3;2-6H,1H3;3-4H,1H3/t8-;6-;/m11./s1. The first-order valence-electron chi connectivity index (χ1n) is 15.7. The number of rotatable bonds is 6. The molecule has 0 aliphatic rings. The lowest BCUT2D eigenvalue weighted by Gasteiger charge is -2.16. The SMILES string of the molecule is CB(O)O.C[C@@H](Oc1ccc(-c2nn3c(C(F)(F)F)nnc3cc2Cl)cn1)C(F)(F)F.Cc1cc2nnc(C(F)(F)F)n2nc1-c1ccc(O[C@H](C)C(F)(F)F)nc1. The number of aryl methyl sites for hydroxylation is 1. The van der Waals surface area contributed by atoms with Gasteiger partial charge in [0.1, 0.15) is 5.69 Å². The molecule has 0 amide bonds. The van der Waals surface area contributed by atoms with E-state index < -0.39 is 55.7 Å².